The Hall–Kier alpha value is -4.40. The van der Waals surface area contributed by atoms with Crippen molar-refractivity contribution in [1.82, 2.24) is 4.98 Å². The molecule has 4 aromatic carbocycles. The van der Waals surface area contributed by atoms with E-state index in [1.54, 1.807) is 0 Å². The van der Waals surface area contributed by atoms with Crippen molar-refractivity contribution < 1.29 is 21.1 Å². The Morgan fingerprint density at radius 2 is 1.51 bits per heavy atom. The van der Waals surface area contributed by atoms with Crippen LogP contribution in [-0.2, 0) is 26.5 Å². The predicted molar refractivity (Wildman–Crippen MR) is 181 cm³/mol. The van der Waals surface area contributed by atoms with Crippen LogP contribution in [0.2, 0.25) is 0 Å². The van der Waals surface area contributed by atoms with Gasteiger partial charge in [0.25, 0.3) is 0 Å². The van der Waals surface area contributed by atoms with E-state index in [0.29, 0.717) is 0 Å². The second-order valence-corrected chi connectivity index (χ2v) is 12.4. The van der Waals surface area contributed by atoms with E-state index >= 15 is 0 Å². The maximum Gasteiger partial charge on any atom is 2.00 e. The number of nitrogens with zero attached hydrogens (tertiary/aromatic N) is 4. The number of aromatic nitrogens is 1. The Labute approximate surface area is 280 Å². The molecule has 2 aliphatic heterocycles. The second kappa shape index (κ2) is 11.5. The topological polar surface area (TPSA) is 22.6 Å². The molecule has 0 spiro atoms. The minimum absolute atomic E-state index is 0. The Morgan fingerprint density at radius 1 is 0.756 bits per heavy atom. The molecule has 5 heteroatoms. The minimum Gasteiger partial charge on any atom is -0.355 e. The molecular weight excluding hydrogens is 732 g/mol. The third-order valence-electron chi connectivity index (χ3n) is 9.41. The normalized spacial score (nSPS) is 18.0. The zero-order valence-corrected chi connectivity index (χ0v) is 27.9. The molecule has 224 valence electrons. The summed E-state index contributed by atoms with van der Waals surface area (Å²) in [7, 11) is 2.14. The van der Waals surface area contributed by atoms with Crippen LogP contribution < -0.4 is 14.7 Å². The van der Waals surface area contributed by atoms with Crippen molar-refractivity contribution >= 4 is 28.6 Å². The van der Waals surface area contributed by atoms with E-state index in [1.807, 2.05) is 6.20 Å². The molecule has 0 N–H and O–H groups in total. The number of anilines is 5. The number of pyridine rings is 1. The molecule has 45 heavy (non-hydrogen) atoms. The molecule has 0 fully saturated rings. The first kappa shape index (κ1) is 29.3. The van der Waals surface area contributed by atoms with Gasteiger partial charge in [0.1, 0.15) is 5.82 Å². The van der Waals surface area contributed by atoms with Crippen LogP contribution in [0, 0.1) is 12.1 Å². The molecule has 0 bridgehead atoms. The summed E-state index contributed by atoms with van der Waals surface area (Å²) in [4.78, 5) is 11.9. The van der Waals surface area contributed by atoms with Gasteiger partial charge in [-0.3, -0.25) is 0 Å². The van der Waals surface area contributed by atoms with Gasteiger partial charge < -0.3 is 14.7 Å². The van der Waals surface area contributed by atoms with Crippen LogP contribution in [0.1, 0.15) is 36.5 Å². The molecule has 0 amide bonds. The minimum atomic E-state index is -0.319. The monoisotopic (exact) mass is 765 g/mol. The first-order valence-corrected chi connectivity index (χ1v) is 15.3. The molecule has 0 saturated carbocycles. The van der Waals surface area contributed by atoms with Gasteiger partial charge in [-0.15, -0.1) is 11.6 Å². The maximum atomic E-state index is 4.90. The number of para-hydroxylation sites is 2. The van der Waals surface area contributed by atoms with Crippen LogP contribution in [-0.4, -0.2) is 24.7 Å². The smallest absolute Gasteiger partial charge is 0.355 e. The van der Waals surface area contributed by atoms with Crippen LogP contribution in [0.4, 0.5) is 28.6 Å². The second-order valence-electron chi connectivity index (χ2n) is 12.4. The fourth-order valence-electron chi connectivity index (χ4n) is 6.94. The standard InChI is InChI=1S/C40H34N4.Pt/c1-40(2,30-14-11-15-32(25-30)43-27-42(3)36-18-9-10-19-37(36)43)31-20-21-34-33-16-7-8-17-35(33)44(38(34)26-31)39-24-29(22-23-41-39)28-12-5-4-6-13-28;/h4-24,33,35H,27H2,1-3H3;/q-2;+2. The maximum absolute atomic E-state index is 4.90. The van der Waals surface area contributed by atoms with Crippen molar-refractivity contribution in [2.24, 2.45) is 0 Å². The van der Waals surface area contributed by atoms with Gasteiger partial charge in [-0.1, -0.05) is 92.0 Å². The third kappa shape index (κ3) is 4.93. The molecule has 3 heterocycles. The molecule has 0 saturated heterocycles. The van der Waals surface area contributed by atoms with Crippen LogP contribution in [0.15, 0.2) is 128 Å². The summed E-state index contributed by atoms with van der Waals surface area (Å²) in [6.45, 7) is 5.37. The number of benzene rings is 4. The summed E-state index contributed by atoms with van der Waals surface area (Å²) < 4.78 is 0. The van der Waals surface area contributed by atoms with Crippen molar-refractivity contribution in [2.45, 2.75) is 31.2 Å². The molecule has 5 aromatic rings. The fourth-order valence-corrected chi connectivity index (χ4v) is 6.94. The van der Waals surface area contributed by atoms with Crippen molar-refractivity contribution in [2.75, 3.05) is 28.4 Å². The van der Waals surface area contributed by atoms with E-state index in [1.165, 1.54) is 22.5 Å². The Morgan fingerprint density at radius 3 is 2.36 bits per heavy atom. The van der Waals surface area contributed by atoms with E-state index in [2.05, 4.69) is 169 Å². The van der Waals surface area contributed by atoms with E-state index in [-0.39, 0.29) is 38.4 Å². The number of fused-ring (bicyclic) bond motifs is 4. The molecule has 8 rings (SSSR count). The molecule has 4 nitrogen and oxygen atoms in total. The molecule has 2 atom stereocenters. The van der Waals surface area contributed by atoms with Crippen LogP contribution in [0.5, 0.6) is 0 Å². The van der Waals surface area contributed by atoms with Gasteiger partial charge in [0, 0.05) is 13.2 Å². The molecule has 1 aliphatic carbocycles. The molecule has 0 radical (unpaired) electrons. The summed E-state index contributed by atoms with van der Waals surface area (Å²) in [5.74, 6) is 1.20. The Kier molecular flexibility index (Phi) is 7.50. The van der Waals surface area contributed by atoms with Crippen LogP contribution in [0.25, 0.3) is 11.1 Å². The zero-order valence-electron chi connectivity index (χ0n) is 25.6. The summed E-state index contributed by atoms with van der Waals surface area (Å²) in [6, 6.07) is 42.4. The number of allylic oxidation sites excluding steroid dienone is 2. The van der Waals surface area contributed by atoms with Crippen molar-refractivity contribution in [1.29, 1.82) is 0 Å². The van der Waals surface area contributed by atoms with Gasteiger partial charge in [-0.25, -0.2) is 4.98 Å². The average molecular weight is 766 g/mol. The van der Waals surface area contributed by atoms with Gasteiger partial charge in [0.15, 0.2) is 0 Å². The molecule has 1 aromatic heterocycles. The first-order valence-electron chi connectivity index (χ1n) is 15.3. The number of rotatable bonds is 5. The van der Waals surface area contributed by atoms with Gasteiger partial charge in [-0.05, 0) is 46.7 Å². The third-order valence-corrected chi connectivity index (χ3v) is 9.41. The van der Waals surface area contributed by atoms with E-state index in [4.69, 9.17) is 4.98 Å². The van der Waals surface area contributed by atoms with Crippen LogP contribution >= 0.6 is 0 Å². The van der Waals surface area contributed by atoms with E-state index < -0.39 is 0 Å². The SMILES string of the molecule is CN1CN(c2[c-]c(C(C)(C)c3[c-]c4c(cc3)C3C=CC=CC3N4c3cc(-c4ccccc4)ccn3)ccc2)c2ccccc21.[Pt+2]. The quantitative estimate of drug-likeness (QED) is 0.167. The van der Waals surface area contributed by atoms with Gasteiger partial charge >= 0.3 is 21.1 Å². The average Bonchev–Trinajstić information content (AvgIpc) is 3.59. The van der Waals surface area contributed by atoms with Crippen molar-refractivity contribution in [3.05, 3.63) is 156 Å². The van der Waals surface area contributed by atoms with Crippen molar-refractivity contribution in [3.63, 3.8) is 0 Å². The molecule has 2 unspecified atom stereocenters. The van der Waals surface area contributed by atoms with Crippen LogP contribution in [0.3, 0.4) is 0 Å². The zero-order chi connectivity index (χ0) is 29.8. The Bertz CT molecular complexity index is 1930. The van der Waals surface area contributed by atoms with E-state index in [0.717, 1.165) is 40.6 Å². The number of hydrogen-bond acceptors (Lipinski definition) is 4. The fraction of sp³-hybridized carbons (Fsp3) is 0.175. The summed E-state index contributed by atoms with van der Waals surface area (Å²) in [5.41, 5.74) is 10.2. The predicted octanol–water partition coefficient (Wildman–Crippen LogP) is 8.95. The summed E-state index contributed by atoms with van der Waals surface area (Å²) in [6.07, 6.45) is 10.8. The summed E-state index contributed by atoms with van der Waals surface area (Å²) >= 11 is 0. The Balaban J connectivity index is 0.00000325. The van der Waals surface area contributed by atoms with Gasteiger partial charge in [0.05, 0.1) is 24.1 Å². The van der Waals surface area contributed by atoms with Crippen molar-refractivity contribution in [3.8, 4) is 11.1 Å². The largest absolute Gasteiger partial charge is 2.00 e. The van der Waals surface area contributed by atoms with Gasteiger partial charge in [0.2, 0.25) is 0 Å². The van der Waals surface area contributed by atoms with E-state index in [9.17, 15) is 0 Å². The summed E-state index contributed by atoms with van der Waals surface area (Å²) in [5, 5.41) is 0. The van der Waals surface area contributed by atoms with Gasteiger partial charge in [-0.2, -0.15) is 47.5 Å². The molecular formula is C40H34N4Pt. The number of hydrogen-bond donors (Lipinski definition) is 0. The first-order chi connectivity index (χ1) is 21.5. The molecule has 3 aliphatic rings.